The molecule has 1 unspecified atom stereocenters. The lowest BCUT2D eigenvalue weighted by molar-refractivity contribution is -0.122. The van der Waals surface area contributed by atoms with Crippen molar-refractivity contribution in [3.8, 4) is 0 Å². The SMILES string of the molecule is CCCNCc1ccc(NC(=O)C2CCCC2(C)C)cc1. The van der Waals surface area contributed by atoms with Crippen LogP contribution >= 0.6 is 0 Å². The Labute approximate surface area is 128 Å². The molecule has 1 aliphatic carbocycles. The van der Waals surface area contributed by atoms with Gasteiger partial charge in [0.25, 0.3) is 0 Å². The highest BCUT2D eigenvalue weighted by Crippen LogP contribution is 2.42. The topological polar surface area (TPSA) is 41.1 Å². The molecule has 1 fully saturated rings. The summed E-state index contributed by atoms with van der Waals surface area (Å²) in [7, 11) is 0. The highest BCUT2D eigenvalue weighted by molar-refractivity contribution is 5.93. The van der Waals surface area contributed by atoms with Crippen LogP contribution in [-0.2, 0) is 11.3 Å². The molecule has 0 radical (unpaired) electrons. The van der Waals surface area contributed by atoms with Gasteiger partial charge in [0.15, 0.2) is 0 Å². The zero-order valence-electron chi connectivity index (χ0n) is 13.5. The first-order valence-corrected chi connectivity index (χ1v) is 8.13. The van der Waals surface area contributed by atoms with E-state index in [4.69, 9.17) is 0 Å². The Hall–Kier alpha value is -1.35. The maximum absolute atomic E-state index is 12.4. The second-order valence-corrected chi connectivity index (χ2v) is 6.80. The first-order chi connectivity index (χ1) is 10.0. The third kappa shape index (κ3) is 4.31. The number of hydrogen-bond acceptors (Lipinski definition) is 2. The third-order valence-electron chi connectivity index (χ3n) is 4.55. The third-order valence-corrected chi connectivity index (χ3v) is 4.55. The van der Waals surface area contributed by atoms with Crippen molar-refractivity contribution in [2.75, 3.05) is 11.9 Å². The molecule has 3 nitrogen and oxygen atoms in total. The fourth-order valence-electron chi connectivity index (χ4n) is 3.16. The summed E-state index contributed by atoms with van der Waals surface area (Å²) in [5.74, 6) is 0.317. The summed E-state index contributed by atoms with van der Waals surface area (Å²) in [6.07, 6.45) is 4.46. The van der Waals surface area contributed by atoms with Crippen molar-refractivity contribution in [2.45, 2.75) is 53.0 Å². The van der Waals surface area contributed by atoms with E-state index in [1.165, 1.54) is 5.56 Å². The second-order valence-electron chi connectivity index (χ2n) is 6.80. The minimum Gasteiger partial charge on any atom is -0.326 e. The van der Waals surface area contributed by atoms with Crippen molar-refractivity contribution >= 4 is 11.6 Å². The molecule has 0 aliphatic heterocycles. The van der Waals surface area contributed by atoms with E-state index < -0.39 is 0 Å². The van der Waals surface area contributed by atoms with Crippen molar-refractivity contribution < 1.29 is 4.79 Å². The van der Waals surface area contributed by atoms with Crippen molar-refractivity contribution in [3.05, 3.63) is 29.8 Å². The zero-order chi connectivity index (χ0) is 15.3. The molecule has 1 aromatic rings. The highest BCUT2D eigenvalue weighted by atomic mass is 16.1. The number of rotatable bonds is 6. The average Bonchev–Trinajstić information content (AvgIpc) is 2.80. The highest BCUT2D eigenvalue weighted by Gasteiger charge is 2.39. The van der Waals surface area contributed by atoms with Gasteiger partial charge >= 0.3 is 0 Å². The molecule has 116 valence electrons. The molecule has 1 aromatic carbocycles. The molecule has 3 heteroatoms. The van der Waals surface area contributed by atoms with Gasteiger partial charge in [0.1, 0.15) is 0 Å². The maximum atomic E-state index is 12.4. The van der Waals surface area contributed by atoms with Gasteiger partial charge in [-0.3, -0.25) is 4.79 Å². The predicted octanol–water partition coefficient (Wildman–Crippen LogP) is 3.95. The van der Waals surface area contributed by atoms with Crippen molar-refractivity contribution in [3.63, 3.8) is 0 Å². The van der Waals surface area contributed by atoms with E-state index >= 15 is 0 Å². The molecule has 1 saturated carbocycles. The number of hydrogen-bond donors (Lipinski definition) is 2. The Balaban J connectivity index is 1.89. The molecule has 0 heterocycles. The standard InChI is InChI=1S/C18H28N2O/c1-4-12-19-13-14-7-9-15(10-8-14)20-17(21)16-6-5-11-18(16,2)3/h7-10,16,19H,4-6,11-13H2,1-3H3,(H,20,21). The lowest BCUT2D eigenvalue weighted by Crippen LogP contribution is -2.30. The van der Waals surface area contributed by atoms with Crippen LogP contribution in [-0.4, -0.2) is 12.5 Å². The van der Waals surface area contributed by atoms with Gasteiger partial charge in [-0.25, -0.2) is 0 Å². The van der Waals surface area contributed by atoms with E-state index in [9.17, 15) is 4.79 Å². The van der Waals surface area contributed by atoms with E-state index in [2.05, 4.69) is 43.5 Å². The van der Waals surface area contributed by atoms with E-state index in [1.54, 1.807) is 0 Å². The Kier molecular flexibility index (Phi) is 5.40. The average molecular weight is 288 g/mol. The lowest BCUT2D eigenvalue weighted by atomic mass is 9.81. The molecule has 1 amide bonds. The molecule has 2 N–H and O–H groups in total. The number of benzene rings is 1. The summed E-state index contributed by atoms with van der Waals surface area (Å²) in [6, 6.07) is 8.17. The lowest BCUT2D eigenvalue weighted by Gasteiger charge is -2.25. The van der Waals surface area contributed by atoms with Gasteiger partial charge in [0, 0.05) is 18.2 Å². The summed E-state index contributed by atoms with van der Waals surface area (Å²) >= 11 is 0. The van der Waals surface area contributed by atoms with Crippen molar-refractivity contribution in [1.29, 1.82) is 0 Å². The minimum atomic E-state index is 0.133. The number of nitrogens with one attached hydrogen (secondary N) is 2. The van der Waals surface area contributed by atoms with Crippen LogP contribution in [0.15, 0.2) is 24.3 Å². The second kappa shape index (κ2) is 7.08. The van der Waals surface area contributed by atoms with Crippen LogP contribution in [0.3, 0.4) is 0 Å². The van der Waals surface area contributed by atoms with Crippen LogP contribution in [0.25, 0.3) is 0 Å². The summed E-state index contributed by atoms with van der Waals surface area (Å²) in [5, 5.41) is 6.45. The summed E-state index contributed by atoms with van der Waals surface area (Å²) < 4.78 is 0. The van der Waals surface area contributed by atoms with Crippen LogP contribution in [0.4, 0.5) is 5.69 Å². The molecule has 0 saturated heterocycles. The zero-order valence-corrected chi connectivity index (χ0v) is 13.5. The predicted molar refractivity (Wildman–Crippen MR) is 88.2 cm³/mol. The Bertz CT molecular complexity index is 465. The summed E-state index contributed by atoms with van der Waals surface area (Å²) in [5.41, 5.74) is 2.29. The Morgan fingerprint density at radius 2 is 2.00 bits per heavy atom. The molecule has 1 aliphatic rings. The summed E-state index contributed by atoms with van der Waals surface area (Å²) in [4.78, 5) is 12.4. The number of anilines is 1. The van der Waals surface area contributed by atoms with Crippen LogP contribution in [0.2, 0.25) is 0 Å². The van der Waals surface area contributed by atoms with Crippen LogP contribution in [0, 0.1) is 11.3 Å². The van der Waals surface area contributed by atoms with E-state index in [1.807, 2.05) is 12.1 Å². The van der Waals surface area contributed by atoms with Crippen molar-refractivity contribution in [2.24, 2.45) is 11.3 Å². The molecule has 1 atom stereocenters. The smallest absolute Gasteiger partial charge is 0.228 e. The Morgan fingerprint density at radius 3 is 2.57 bits per heavy atom. The van der Waals surface area contributed by atoms with Crippen molar-refractivity contribution in [1.82, 2.24) is 5.32 Å². The van der Waals surface area contributed by atoms with Gasteiger partial charge in [-0.05, 0) is 48.9 Å². The number of carbonyl (C=O) groups excluding carboxylic acids is 1. The van der Waals surface area contributed by atoms with E-state index in [0.717, 1.165) is 44.5 Å². The van der Waals surface area contributed by atoms with Crippen LogP contribution in [0.5, 0.6) is 0 Å². The fraction of sp³-hybridized carbons (Fsp3) is 0.611. The largest absolute Gasteiger partial charge is 0.326 e. The van der Waals surface area contributed by atoms with E-state index in [-0.39, 0.29) is 17.2 Å². The molecule has 0 aromatic heterocycles. The van der Waals surface area contributed by atoms with Gasteiger partial charge < -0.3 is 10.6 Å². The number of amides is 1. The molecule has 2 rings (SSSR count). The van der Waals surface area contributed by atoms with Gasteiger partial charge in [0.2, 0.25) is 5.91 Å². The first kappa shape index (κ1) is 16.0. The monoisotopic (exact) mass is 288 g/mol. The van der Waals surface area contributed by atoms with Gasteiger partial charge in [-0.15, -0.1) is 0 Å². The quantitative estimate of drug-likeness (QED) is 0.778. The normalized spacial score (nSPS) is 20.4. The summed E-state index contributed by atoms with van der Waals surface area (Å²) in [6.45, 7) is 8.49. The van der Waals surface area contributed by atoms with Gasteiger partial charge in [0.05, 0.1) is 0 Å². The Morgan fingerprint density at radius 1 is 1.29 bits per heavy atom. The minimum absolute atomic E-state index is 0.133. The first-order valence-electron chi connectivity index (χ1n) is 8.13. The van der Waals surface area contributed by atoms with Crippen LogP contribution < -0.4 is 10.6 Å². The number of carbonyl (C=O) groups is 1. The van der Waals surface area contributed by atoms with Crippen LogP contribution in [0.1, 0.15) is 52.0 Å². The molecular weight excluding hydrogens is 260 g/mol. The van der Waals surface area contributed by atoms with Gasteiger partial charge in [-0.1, -0.05) is 39.3 Å². The molecular formula is C18H28N2O. The van der Waals surface area contributed by atoms with Gasteiger partial charge in [-0.2, -0.15) is 0 Å². The maximum Gasteiger partial charge on any atom is 0.228 e. The molecule has 0 bridgehead atoms. The molecule has 0 spiro atoms. The fourth-order valence-corrected chi connectivity index (χ4v) is 3.16. The molecule has 21 heavy (non-hydrogen) atoms. The van der Waals surface area contributed by atoms with E-state index in [0.29, 0.717) is 0 Å².